The number of carbonyl (C=O) groups excluding carboxylic acids is 1. The summed E-state index contributed by atoms with van der Waals surface area (Å²) in [5.41, 5.74) is 0. The van der Waals surface area contributed by atoms with E-state index < -0.39 is 4.92 Å². The molecule has 1 aliphatic heterocycles. The van der Waals surface area contributed by atoms with Crippen molar-refractivity contribution in [2.24, 2.45) is 0 Å². The maximum atomic E-state index is 11.6. The van der Waals surface area contributed by atoms with Gasteiger partial charge in [-0.25, -0.2) is 0 Å². The summed E-state index contributed by atoms with van der Waals surface area (Å²) < 4.78 is 10.2. The summed E-state index contributed by atoms with van der Waals surface area (Å²) in [5.74, 6) is -0.318. The average Bonchev–Trinajstić information content (AvgIpc) is 3.00. The van der Waals surface area contributed by atoms with Gasteiger partial charge in [-0.15, -0.1) is 0 Å². The van der Waals surface area contributed by atoms with E-state index in [4.69, 9.17) is 9.15 Å². The van der Waals surface area contributed by atoms with Crippen molar-refractivity contribution in [1.82, 2.24) is 10.2 Å². The van der Waals surface area contributed by atoms with Crippen LogP contribution in [-0.4, -0.2) is 55.1 Å². The van der Waals surface area contributed by atoms with Gasteiger partial charge >= 0.3 is 5.88 Å². The lowest BCUT2D eigenvalue weighted by Gasteiger charge is -2.26. The van der Waals surface area contributed by atoms with Crippen molar-refractivity contribution in [1.29, 1.82) is 0 Å². The minimum atomic E-state index is -0.622. The number of ether oxygens (including phenoxy) is 1. The number of nitrogens with zero attached hydrogens (tertiary/aromatic N) is 2. The molecule has 0 atom stereocenters. The van der Waals surface area contributed by atoms with Crippen LogP contribution in [0.15, 0.2) is 22.6 Å². The number of hydrogen-bond donors (Lipinski definition) is 1. The van der Waals surface area contributed by atoms with Gasteiger partial charge in [-0.1, -0.05) is 0 Å². The van der Waals surface area contributed by atoms with Gasteiger partial charge in [-0.05, 0) is 25.1 Å². The van der Waals surface area contributed by atoms with Crippen LogP contribution in [-0.2, 0) is 9.53 Å². The Morgan fingerprint density at radius 1 is 1.41 bits per heavy atom. The van der Waals surface area contributed by atoms with E-state index in [1.807, 2.05) is 0 Å². The molecule has 0 spiro atoms. The second-order valence-electron chi connectivity index (χ2n) is 4.87. The number of rotatable bonds is 7. The molecule has 0 aliphatic carbocycles. The van der Waals surface area contributed by atoms with E-state index in [-0.39, 0.29) is 17.6 Å². The normalized spacial score (nSPS) is 16.0. The zero-order chi connectivity index (χ0) is 15.8. The predicted octanol–water partition coefficient (Wildman–Crippen LogP) is 1.04. The molecule has 1 aromatic heterocycles. The Labute approximate surface area is 127 Å². The van der Waals surface area contributed by atoms with E-state index in [2.05, 4.69) is 10.2 Å². The maximum absolute atomic E-state index is 11.6. The van der Waals surface area contributed by atoms with Crippen molar-refractivity contribution in [2.75, 3.05) is 39.4 Å². The number of furan rings is 1. The van der Waals surface area contributed by atoms with Crippen LogP contribution < -0.4 is 5.32 Å². The van der Waals surface area contributed by atoms with Crippen LogP contribution in [0.1, 0.15) is 12.2 Å². The van der Waals surface area contributed by atoms with E-state index in [9.17, 15) is 14.9 Å². The summed E-state index contributed by atoms with van der Waals surface area (Å²) in [6.45, 7) is 4.92. The Morgan fingerprint density at radius 2 is 2.18 bits per heavy atom. The molecule has 0 aromatic carbocycles. The number of hydrogen-bond acceptors (Lipinski definition) is 6. The Hall–Kier alpha value is -2.19. The van der Waals surface area contributed by atoms with Crippen molar-refractivity contribution in [2.45, 2.75) is 6.42 Å². The van der Waals surface area contributed by atoms with Crippen molar-refractivity contribution in [3.8, 4) is 0 Å². The molecule has 8 heteroatoms. The minimum Gasteiger partial charge on any atom is -0.401 e. The van der Waals surface area contributed by atoms with E-state index >= 15 is 0 Å². The number of carbonyl (C=O) groups is 1. The summed E-state index contributed by atoms with van der Waals surface area (Å²) in [7, 11) is 0. The highest BCUT2D eigenvalue weighted by atomic mass is 16.6. The van der Waals surface area contributed by atoms with Crippen molar-refractivity contribution >= 4 is 17.9 Å². The second-order valence-corrected chi connectivity index (χ2v) is 4.87. The third-order valence-corrected chi connectivity index (χ3v) is 3.25. The van der Waals surface area contributed by atoms with Crippen LogP contribution in [0.4, 0.5) is 5.88 Å². The molecule has 22 heavy (non-hydrogen) atoms. The number of nitro groups is 1. The molecule has 1 fully saturated rings. The molecular formula is C14H19N3O5. The Bertz CT molecular complexity index is 534. The minimum absolute atomic E-state index is 0.249. The highest BCUT2D eigenvalue weighted by Crippen LogP contribution is 2.16. The molecule has 0 bridgehead atoms. The first kappa shape index (κ1) is 16.2. The molecule has 1 aliphatic rings. The Morgan fingerprint density at radius 3 is 2.86 bits per heavy atom. The molecule has 1 aromatic rings. The molecule has 2 heterocycles. The molecule has 120 valence electrons. The summed E-state index contributed by atoms with van der Waals surface area (Å²) in [6.07, 6.45) is 3.58. The first-order valence-electron chi connectivity index (χ1n) is 7.15. The lowest BCUT2D eigenvalue weighted by Crippen LogP contribution is -2.38. The zero-order valence-electron chi connectivity index (χ0n) is 12.2. The van der Waals surface area contributed by atoms with E-state index in [1.165, 1.54) is 24.3 Å². The molecule has 1 saturated heterocycles. The second kappa shape index (κ2) is 8.30. The Balaban J connectivity index is 1.64. The monoisotopic (exact) mass is 309 g/mol. The van der Waals surface area contributed by atoms with Gasteiger partial charge < -0.3 is 14.5 Å². The molecule has 1 N–H and O–H groups in total. The smallest absolute Gasteiger partial charge is 0.401 e. The van der Waals surface area contributed by atoms with Gasteiger partial charge in [-0.2, -0.15) is 0 Å². The third kappa shape index (κ3) is 5.30. The summed E-state index contributed by atoms with van der Waals surface area (Å²) in [6, 6.07) is 2.69. The quantitative estimate of drug-likeness (QED) is 0.350. The summed E-state index contributed by atoms with van der Waals surface area (Å²) >= 11 is 0. The Kier molecular flexibility index (Phi) is 6.11. The summed E-state index contributed by atoms with van der Waals surface area (Å²) in [5, 5.41) is 13.2. The standard InChI is InChI=1S/C14H19N3O5/c18-13(4-2-12-3-5-14(22-12)17(19)20)15-6-1-7-16-8-10-21-11-9-16/h2-5H,1,6-11H2,(H,15,18). The zero-order valence-corrected chi connectivity index (χ0v) is 12.2. The first-order chi connectivity index (χ1) is 10.6. The lowest BCUT2D eigenvalue weighted by atomic mass is 10.3. The highest BCUT2D eigenvalue weighted by Gasteiger charge is 2.10. The van der Waals surface area contributed by atoms with Crippen LogP contribution in [0.5, 0.6) is 0 Å². The molecular weight excluding hydrogens is 290 g/mol. The van der Waals surface area contributed by atoms with E-state index in [0.717, 1.165) is 39.3 Å². The van der Waals surface area contributed by atoms with Crippen molar-refractivity contribution < 1.29 is 18.9 Å². The van der Waals surface area contributed by atoms with Gasteiger partial charge in [-0.3, -0.25) is 19.8 Å². The third-order valence-electron chi connectivity index (χ3n) is 3.25. The van der Waals surface area contributed by atoms with Crippen LogP contribution >= 0.6 is 0 Å². The van der Waals surface area contributed by atoms with Gasteiger partial charge in [0.15, 0.2) is 0 Å². The maximum Gasteiger partial charge on any atom is 0.433 e. The molecule has 0 radical (unpaired) electrons. The van der Waals surface area contributed by atoms with Gasteiger partial charge in [0, 0.05) is 25.7 Å². The predicted molar refractivity (Wildman–Crippen MR) is 79.3 cm³/mol. The molecule has 0 saturated carbocycles. The number of nitrogens with one attached hydrogen (secondary N) is 1. The van der Waals surface area contributed by atoms with Crippen molar-refractivity contribution in [3.05, 3.63) is 34.1 Å². The molecule has 0 unspecified atom stereocenters. The van der Waals surface area contributed by atoms with Gasteiger partial charge in [0.05, 0.1) is 19.3 Å². The van der Waals surface area contributed by atoms with Crippen molar-refractivity contribution in [3.63, 3.8) is 0 Å². The SMILES string of the molecule is O=C(C=Cc1ccc([N+](=O)[O-])o1)NCCCN1CCOCC1. The molecule has 8 nitrogen and oxygen atoms in total. The molecule has 1 amide bonds. The number of amides is 1. The van der Waals surface area contributed by atoms with E-state index in [0.29, 0.717) is 6.54 Å². The van der Waals surface area contributed by atoms with Crippen LogP contribution in [0, 0.1) is 10.1 Å². The van der Waals surface area contributed by atoms with Gasteiger partial charge in [0.2, 0.25) is 5.91 Å². The highest BCUT2D eigenvalue weighted by molar-refractivity contribution is 5.91. The fourth-order valence-corrected chi connectivity index (χ4v) is 2.09. The van der Waals surface area contributed by atoms with Gasteiger partial charge in [0.25, 0.3) is 0 Å². The average molecular weight is 309 g/mol. The van der Waals surface area contributed by atoms with Crippen LogP contribution in [0.25, 0.3) is 6.08 Å². The summed E-state index contributed by atoms with van der Waals surface area (Å²) in [4.78, 5) is 23.7. The largest absolute Gasteiger partial charge is 0.433 e. The molecule has 2 rings (SSSR count). The van der Waals surface area contributed by atoms with Crippen LogP contribution in [0.2, 0.25) is 0 Å². The fraction of sp³-hybridized carbons (Fsp3) is 0.500. The van der Waals surface area contributed by atoms with Gasteiger partial charge in [0.1, 0.15) is 10.7 Å². The fourth-order valence-electron chi connectivity index (χ4n) is 2.09. The number of morpholine rings is 1. The van der Waals surface area contributed by atoms with Crippen LogP contribution in [0.3, 0.4) is 0 Å². The van der Waals surface area contributed by atoms with E-state index in [1.54, 1.807) is 0 Å². The topological polar surface area (TPSA) is 97.8 Å². The lowest BCUT2D eigenvalue weighted by molar-refractivity contribution is -0.402. The first-order valence-corrected chi connectivity index (χ1v) is 7.15.